The van der Waals surface area contributed by atoms with Gasteiger partial charge in [-0.15, -0.1) is 11.3 Å². The van der Waals surface area contributed by atoms with E-state index in [-0.39, 0.29) is 0 Å². The molecule has 6 rings (SSSR count). The monoisotopic (exact) mass is 568 g/mol. The predicted octanol–water partition coefficient (Wildman–Crippen LogP) is 7.58. The zero-order valence-corrected chi connectivity index (χ0v) is 25.1. The van der Waals surface area contributed by atoms with Gasteiger partial charge in [0.2, 0.25) is 6.41 Å². The van der Waals surface area contributed by atoms with E-state index in [0.717, 1.165) is 49.7 Å². The number of carbonyl (C=O) groups is 2. The molecule has 0 atom stereocenters. The summed E-state index contributed by atoms with van der Waals surface area (Å²) in [5.41, 5.74) is 7.97. The molecule has 1 fully saturated rings. The molecule has 5 aromatic rings. The van der Waals surface area contributed by atoms with E-state index in [0.29, 0.717) is 11.5 Å². The summed E-state index contributed by atoms with van der Waals surface area (Å²) in [5, 5.41) is 12.9. The normalized spacial score (nSPS) is 13.7. The molecule has 0 aliphatic heterocycles. The highest BCUT2D eigenvalue weighted by Gasteiger charge is 2.26. The molecule has 8 heteroatoms. The van der Waals surface area contributed by atoms with Crippen LogP contribution in [0.25, 0.3) is 43.6 Å². The second kappa shape index (κ2) is 11.8. The molecule has 1 saturated carbocycles. The van der Waals surface area contributed by atoms with Gasteiger partial charge in [-0.2, -0.15) is 0 Å². The lowest BCUT2D eigenvalue weighted by Gasteiger charge is -2.23. The standard InChI is InChI=1S/C30H29N3O2S.C3H7NO/c1-17-29(36-18(2)31-17)25-14-10-20-15-21(11-13-24(20)32-25)28-27(19-7-5-4-6-8-19)23-12-9-22(30(34)35)16-26(23)33(28)3;1-4(2)3-5/h9-16,19H,4-8H2,1-3H3,(H,34,35);3H,1-2H3. The molecule has 0 unspecified atom stereocenters. The van der Waals surface area contributed by atoms with Gasteiger partial charge in [0, 0.05) is 37.4 Å². The van der Waals surface area contributed by atoms with Crippen LogP contribution in [0.3, 0.4) is 0 Å². The Bertz CT molecular complexity index is 1740. The molecule has 0 radical (unpaired) electrons. The molecule has 2 aromatic carbocycles. The number of thiazole rings is 1. The van der Waals surface area contributed by atoms with Gasteiger partial charge in [0.05, 0.1) is 38.0 Å². The SMILES string of the molecule is CN(C)C=O.Cc1nc(C)c(-c2ccc3cc(-c4c(C5CCCCC5)c5ccc(C(=O)O)cc5n4C)ccc3n2)s1. The first-order valence-electron chi connectivity index (χ1n) is 14.0. The summed E-state index contributed by atoms with van der Waals surface area (Å²) in [5.74, 6) is -0.403. The van der Waals surface area contributed by atoms with Gasteiger partial charge >= 0.3 is 5.97 Å². The Morgan fingerprint density at radius 1 is 1.02 bits per heavy atom. The summed E-state index contributed by atoms with van der Waals surface area (Å²) in [6.07, 6.45) is 6.89. The Kier molecular flexibility index (Phi) is 8.22. The van der Waals surface area contributed by atoms with Crippen LogP contribution in [0.5, 0.6) is 0 Å². The zero-order chi connectivity index (χ0) is 29.3. The molecule has 1 aliphatic rings. The van der Waals surface area contributed by atoms with Crippen LogP contribution >= 0.6 is 11.3 Å². The van der Waals surface area contributed by atoms with Crippen molar-refractivity contribution in [1.82, 2.24) is 19.4 Å². The number of pyridine rings is 1. The molecule has 0 bridgehead atoms. The Hall–Kier alpha value is -4.04. The summed E-state index contributed by atoms with van der Waals surface area (Å²) in [4.78, 5) is 33.2. The maximum absolute atomic E-state index is 11.7. The van der Waals surface area contributed by atoms with Crippen molar-refractivity contribution < 1.29 is 14.7 Å². The molecular weight excluding hydrogens is 532 g/mol. The molecule has 1 amide bonds. The number of aryl methyl sites for hydroxylation is 3. The largest absolute Gasteiger partial charge is 0.478 e. The number of fused-ring (bicyclic) bond motifs is 2. The maximum atomic E-state index is 11.7. The molecule has 3 aromatic heterocycles. The van der Waals surface area contributed by atoms with Crippen LogP contribution in [-0.2, 0) is 11.8 Å². The number of benzene rings is 2. The van der Waals surface area contributed by atoms with E-state index in [4.69, 9.17) is 4.98 Å². The number of aromatic carboxylic acids is 1. The number of amides is 1. The third-order valence-corrected chi connectivity index (χ3v) is 8.91. The van der Waals surface area contributed by atoms with Crippen molar-refractivity contribution in [2.75, 3.05) is 14.1 Å². The smallest absolute Gasteiger partial charge is 0.335 e. The quantitative estimate of drug-likeness (QED) is 0.221. The lowest BCUT2D eigenvalue weighted by atomic mass is 9.81. The number of rotatable bonds is 5. The predicted molar refractivity (Wildman–Crippen MR) is 167 cm³/mol. The lowest BCUT2D eigenvalue weighted by Crippen LogP contribution is -2.06. The highest BCUT2D eigenvalue weighted by atomic mass is 32.1. The number of aromatic nitrogens is 3. The summed E-state index contributed by atoms with van der Waals surface area (Å²) in [6, 6.07) is 16.3. The average molecular weight is 569 g/mol. The van der Waals surface area contributed by atoms with Crippen molar-refractivity contribution in [2.45, 2.75) is 51.9 Å². The van der Waals surface area contributed by atoms with Crippen LogP contribution in [0, 0.1) is 13.8 Å². The van der Waals surface area contributed by atoms with Gasteiger partial charge in [0.15, 0.2) is 0 Å². The van der Waals surface area contributed by atoms with Gasteiger partial charge in [-0.1, -0.05) is 37.5 Å². The third kappa shape index (κ3) is 5.75. The van der Waals surface area contributed by atoms with Gasteiger partial charge in [0.25, 0.3) is 0 Å². The summed E-state index contributed by atoms with van der Waals surface area (Å²) in [7, 11) is 5.44. The second-order valence-corrected chi connectivity index (χ2v) is 12.2. The zero-order valence-electron chi connectivity index (χ0n) is 24.3. The van der Waals surface area contributed by atoms with Crippen LogP contribution in [0.15, 0.2) is 48.5 Å². The number of carboxylic acid groups (broad SMARTS) is 1. The van der Waals surface area contributed by atoms with Crippen molar-refractivity contribution in [2.24, 2.45) is 7.05 Å². The highest BCUT2D eigenvalue weighted by Crippen LogP contribution is 2.44. The fourth-order valence-corrected chi connectivity index (χ4v) is 6.81. The summed E-state index contributed by atoms with van der Waals surface area (Å²) in [6.45, 7) is 4.07. The van der Waals surface area contributed by atoms with Crippen molar-refractivity contribution in [3.05, 3.63) is 70.4 Å². The van der Waals surface area contributed by atoms with E-state index < -0.39 is 5.97 Å². The topological polar surface area (TPSA) is 88.3 Å². The van der Waals surface area contributed by atoms with Crippen LogP contribution in [0.2, 0.25) is 0 Å². The second-order valence-electron chi connectivity index (χ2n) is 11.0. The van der Waals surface area contributed by atoms with Crippen LogP contribution in [-0.4, -0.2) is 51.0 Å². The summed E-state index contributed by atoms with van der Waals surface area (Å²) >= 11 is 1.68. The van der Waals surface area contributed by atoms with Crippen molar-refractivity contribution in [3.8, 4) is 21.8 Å². The first-order chi connectivity index (χ1) is 19.7. The number of carboxylic acids is 1. The van der Waals surface area contributed by atoms with Crippen molar-refractivity contribution in [3.63, 3.8) is 0 Å². The van der Waals surface area contributed by atoms with Gasteiger partial charge < -0.3 is 14.6 Å². The third-order valence-electron chi connectivity index (χ3n) is 7.81. The van der Waals surface area contributed by atoms with Crippen LogP contribution < -0.4 is 0 Å². The molecule has 1 aliphatic carbocycles. The van der Waals surface area contributed by atoms with Gasteiger partial charge in [-0.05, 0) is 74.1 Å². The van der Waals surface area contributed by atoms with Gasteiger partial charge in [0.1, 0.15) is 0 Å². The van der Waals surface area contributed by atoms with Crippen LogP contribution in [0.1, 0.15) is 64.6 Å². The minimum absolute atomic E-state index is 0.327. The van der Waals surface area contributed by atoms with Crippen LogP contribution in [0.4, 0.5) is 0 Å². The first kappa shape index (κ1) is 28.5. The number of hydrogen-bond donors (Lipinski definition) is 1. The summed E-state index contributed by atoms with van der Waals surface area (Å²) < 4.78 is 2.19. The molecule has 0 saturated heterocycles. The van der Waals surface area contributed by atoms with E-state index in [9.17, 15) is 14.7 Å². The molecular formula is C33H36N4O3S. The van der Waals surface area contributed by atoms with Gasteiger partial charge in [-0.25, -0.2) is 14.8 Å². The minimum Gasteiger partial charge on any atom is -0.478 e. The Morgan fingerprint density at radius 3 is 2.39 bits per heavy atom. The Morgan fingerprint density at radius 2 is 1.76 bits per heavy atom. The molecule has 7 nitrogen and oxygen atoms in total. The lowest BCUT2D eigenvalue weighted by molar-refractivity contribution is -0.115. The van der Waals surface area contributed by atoms with E-state index in [2.05, 4.69) is 46.9 Å². The molecule has 41 heavy (non-hydrogen) atoms. The van der Waals surface area contributed by atoms with Gasteiger partial charge in [-0.3, -0.25) is 4.79 Å². The molecule has 0 spiro atoms. The Labute approximate surface area is 244 Å². The average Bonchev–Trinajstić information content (AvgIpc) is 3.47. The Balaban J connectivity index is 0.000000623. The molecule has 1 N–H and O–H groups in total. The molecule has 3 heterocycles. The van der Waals surface area contributed by atoms with E-state index >= 15 is 0 Å². The maximum Gasteiger partial charge on any atom is 0.335 e. The first-order valence-corrected chi connectivity index (χ1v) is 14.8. The van der Waals surface area contributed by atoms with E-state index in [1.165, 1.54) is 53.6 Å². The van der Waals surface area contributed by atoms with E-state index in [1.54, 1.807) is 31.5 Å². The fraction of sp³-hybridized carbons (Fsp3) is 0.333. The molecule has 212 valence electrons. The highest BCUT2D eigenvalue weighted by molar-refractivity contribution is 7.15. The minimum atomic E-state index is -0.891. The fourth-order valence-electron chi connectivity index (χ4n) is 5.92. The number of nitrogens with zero attached hydrogens (tertiary/aromatic N) is 4. The number of hydrogen-bond acceptors (Lipinski definition) is 5. The van der Waals surface area contributed by atoms with Crippen molar-refractivity contribution >= 4 is 45.5 Å². The van der Waals surface area contributed by atoms with E-state index in [1.807, 2.05) is 26.0 Å². The number of carbonyl (C=O) groups excluding carboxylic acids is 1. The van der Waals surface area contributed by atoms with Crippen molar-refractivity contribution in [1.29, 1.82) is 0 Å².